The van der Waals surface area contributed by atoms with Gasteiger partial charge in [-0.25, -0.2) is 5.10 Å². The van der Waals surface area contributed by atoms with E-state index in [2.05, 4.69) is 20.6 Å². The average molecular weight is 302 g/mol. The van der Waals surface area contributed by atoms with Crippen molar-refractivity contribution in [2.45, 2.75) is 38.9 Å². The maximum Gasteiger partial charge on any atom is 0.494 e. The molecule has 1 aliphatic heterocycles. The van der Waals surface area contributed by atoms with Crippen LogP contribution >= 0.6 is 0 Å². The molecule has 1 aliphatic rings. The summed E-state index contributed by atoms with van der Waals surface area (Å²) < 4.78 is 17.6. The lowest BCUT2D eigenvalue weighted by molar-refractivity contribution is 0.00578. The van der Waals surface area contributed by atoms with Gasteiger partial charge in [0.25, 0.3) is 0 Å². The normalized spacial score (nSPS) is 19.4. The number of nitrogens with zero attached hydrogens (tertiary/aromatic N) is 3. The first-order valence-electron chi connectivity index (χ1n) is 7.12. The average Bonchev–Trinajstić information content (AvgIpc) is 3.05. The van der Waals surface area contributed by atoms with Gasteiger partial charge in [0, 0.05) is 0 Å². The Bertz CT molecular complexity index is 657. The van der Waals surface area contributed by atoms with E-state index in [1.165, 1.54) is 0 Å². The second-order valence-corrected chi connectivity index (χ2v) is 6.30. The summed E-state index contributed by atoms with van der Waals surface area (Å²) in [6, 6.07) is 5.71. The number of aromatic amines is 1. The first-order valence-corrected chi connectivity index (χ1v) is 7.12. The summed E-state index contributed by atoms with van der Waals surface area (Å²) >= 11 is 0. The maximum atomic E-state index is 6.05. The lowest BCUT2D eigenvalue weighted by atomic mass is 9.78. The molecular formula is C14H19BN4O3. The van der Waals surface area contributed by atoms with Crippen molar-refractivity contribution in [3.63, 3.8) is 0 Å². The maximum absolute atomic E-state index is 6.05. The number of hydrogen-bond donors (Lipinski definition) is 1. The number of ether oxygens (including phenoxy) is 1. The quantitative estimate of drug-likeness (QED) is 0.857. The van der Waals surface area contributed by atoms with Crippen LogP contribution in [-0.2, 0) is 9.31 Å². The zero-order valence-corrected chi connectivity index (χ0v) is 13.4. The molecule has 22 heavy (non-hydrogen) atoms. The van der Waals surface area contributed by atoms with Crippen LogP contribution in [-0.4, -0.2) is 46.1 Å². The molecule has 0 saturated carbocycles. The predicted octanol–water partition coefficient (Wildman–Crippen LogP) is 1.17. The van der Waals surface area contributed by atoms with Crippen molar-refractivity contribution < 1.29 is 14.0 Å². The minimum Gasteiger partial charge on any atom is -0.496 e. The first-order chi connectivity index (χ1) is 10.3. The molecule has 0 spiro atoms. The Kier molecular flexibility index (Phi) is 3.45. The van der Waals surface area contributed by atoms with Gasteiger partial charge in [-0.3, -0.25) is 0 Å². The number of H-pyrrole nitrogens is 1. The molecule has 116 valence electrons. The number of tetrazole rings is 1. The second kappa shape index (κ2) is 5.07. The molecule has 0 aliphatic carbocycles. The van der Waals surface area contributed by atoms with Gasteiger partial charge in [-0.05, 0) is 55.7 Å². The molecule has 3 rings (SSSR count). The van der Waals surface area contributed by atoms with Crippen LogP contribution in [0.25, 0.3) is 11.4 Å². The third kappa shape index (κ3) is 2.38. The molecule has 1 fully saturated rings. The second-order valence-electron chi connectivity index (χ2n) is 6.30. The third-order valence-corrected chi connectivity index (χ3v) is 4.35. The Balaban J connectivity index is 1.94. The Morgan fingerprint density at radius 3 is 2.36 bits per heavy atom. The Hall–Kier alpha value is -1.93. The Morgan fingerprint density at radius 2 is 1.82 bits per heavy atom. The van der Waals surface area contributed by atoms with Crippen molar-refractivity contribution in [2.75, 3.05) is 7.11 Å². The lowest BCUT2D eigenvalue weighted by Crippen LogP contribution is -2.41. The SMILES string of the molecule is COc1cc(B2OC(C)(C)C(C)(C)O2)ccc1-c1nnn[nH]1. The molecule has 0 bridgehead atoms. The molecule has 2 aromatic rings. The van der Waals surface area contributed by atoms with Crippen LogP contribution in [0.5, 0.6) is 5.75 Å². The number of aromatic nitrogens is 4. The standard InChI is InChI=1S/C14H19BN4O3/c1-13(2)14(3,4)22-15(21-13)9-6-7-10(11(8-9)20-5)12-16-18-19-17-12/h6-8H,1-5H3,(H,16,17,18,19). The summed E-state index contributed by atoms with van der Waals surface area (Å²) in [7, 11) is 1.18. The molecule has 1 saturated heterocycles. The van der Waals surface area contributed by atoms with Crippen molar-refractivity contribution in [1.29, 1.82) is 0 Å². The monoisotopic (exact) mass is 302 g/mol. The van der Waals surface area contributed by atoms with Gasteiger partial charge in [0.15, 0.2) is 5.82 Å². The van der Waals surface area contributed by atoms with Gasteiger partial charge in [0.05, 0.1) is 23.9 Å². The molecule has 1 N–H and O–H groups in total. The lowest BCUT2D eigenvalue weighted by Gasteiger charge is -2.32. The van der Waals surface area contributed by atoms with Crippen molar-refractivity contribution >= 4 is 12.6 Å². The number of rotatable bonds is 3. The largest absolute Gasteiger partial charge is 0.496 e. The molecule has 0 unspecified atom stereocenters. The van der Waals surface area contributed by atoms with Gasteiger partial charge < -0.3 is 14.0 Å². The fourth-order valence-corrected chi connectivity index (χ4v) is 2.30. The fourth-order valence-electron chi connectivity index (χ4n) is 2.30. The molecule has 0 atom stereocenters. The van der Waals surface area contributed by atoms with E-state index in [0.717, 1.165) is 11.0 Å². The van der Waals surface area contributed by atoms with Crippen LogP contribution in [0.15, 0.2) is 18.2 Å². The highest BCUT2D eigenvalue weighted by Crippen LogP contribution is 2.37. The molecule has 2 heterocycles. The Labute approximate surface area is 129 Å². The minimum atomic E-state index is -0.430. The number of benzene rings is 1. The van der Waals surface area contributed by atoms with E-state index >= 15 is 0 Å². The van der Waals surface area contributed by atoms with Crippen LogP contribution in [0.4, 0.5) is 0 Å². The van der Waals surface area contributed by atoms with E-state index in [1.807, 2.05) is 45.9 Å². The van der Waals surface area contributed by atoms with E-state index in [4.69, 9.17) is 14.0 Å². The highest BCUT2D eigenvalue weighted by atomic mass is 16.7. The molecule has 1 aromatic carbocycles. The van der Waals surface area contributed by atoms with Crippen molar-refractivity contribution in [3.8, 4) is 17.1 Å². The molecule has 0 radical (unpaired) electrons. The zero-order valence-electron chi connectivity index (χ0n) is 13.4. The molecule has 7 nitrogen and oxygen atoms in total. The fraction of sp³-hybridized carbons (Fsp3) is 0.500. The number of hydrogen-bond acceptors (Lipinski definition) is 6. The van der Waals surface area contributed by atoms with Crippen molar-refractivity contribution in [3.05, 3.63) is 18.2 Å². The van der Waals surface area contributed by atoms with Crippen LogP contribution in [0, 0.1) is 0 Å². The minimum absolute atomic E-state index is 0.377. The topological polar surface area (TPSA) is 82.2 Å². The smallest absolute Gasteiger partial charge is 0.494 e. The van der Waals surface area contributed by atoms with Crippen molar-refractivity contribution in [1.82, 2.24) is 20.6 Å². The van der Waals surface area contributed by atoms with Crippen molar-refractivity contribution in [2.24, 2.45) is 0 Å². The van der Waals surface area contributed by atoms with Gasteiger partial charge in [-0.1, -0.05) is 6.07 Å². The van der Waals surface area contributed by atoms with Gasteiger partial charge in [-0.15, -0.1) is 5.10 Å². The molecular weight excluding hydrogens is 283 g/mol. The summed E-state index contributed by atoms with van der Waals surface area (Å²) in [4.78, 5) is 0. The molecule has 8 heteroatoms. The zero-order chi connectivity index (χ0) is 16.0. The predicted molar refractivity (Wildman–Crippen MR) is 81.9 cm³/mol. The van der Waals surface area contributed by atoms with Gasteiger partial charge >= 0.3 is 7.12 Å². The molecule has 1 aromatic heterocycles. The van der Waals surface area contributed by atoms with E-state index in [0.29, 0.717) is 11.6 Å². The van der Waals surface area contributed by atoms with Crippen LogP contribution in [0.2, 0.25) is 0 Å². The van der Waals surface area contributed by atoms with Gasteiger partial charge in [-0.2, -0.15) is 0 Å². The first kappa shape index (κ1) is 15.0. The highest BCUT2D eigenvalue weighted by molar-refractivity contribution is 6.62. The Morgan fingerprint density at radius 1 is 1.14 bits per heavy atom. The molecule has 0 amide bonds. The van der Waals surface area contributed by atoms with E-state index in [-0.39, 0.29) is 11.2 Å². The summed E-state index contributed by atoms with van der Waals surface area (Å²) in [5.41, 5.74) is 0.927. The summed E-state index contributed by atoms with van der Waals surface area (Å²) in [5, 5.41) is 13.8. The summed E-state index contributed by atoms with van der Waals surface area (Å²) in [6.07, 6.45) is 0. The third-order valence-electron chi connectivity index (χ3n) is 4.35. The number of nitrogens with one attached hydrogen (secondary N) is 1. The number of methoxy groups -OCH3 is 1. The van der Waals surface area contributed by atoms with Crippen LogP contribution in [0.3, 0.4) is 0 Å². The van der Waals surface area contributed by atoms with Gasteiger partial charge in [0.1, 0.15) is 5.75 Å². The highest BCUT2D eigenvalue weighted by Gasteiger charge is 2.51. The van der Waals surface area contributed by atoms with Gasteiger partial charge in [0.2, 0.25) is 0 Å². The van der Waals surface area contributed by atoms with Crippen LogP contribution in [0.1, 0.15) is 27.7 Å². The van der Waals surface area contributed by atoms with E-state index < -0.39 is 7.12 Å². The van der Waals surface area contributed by atoms with Crippen LogP contribution < -0.4 is 10.2 Å². The van der Waals surface area contributed by atoms with E-state index in [1.54, 1.807) is 7.11 Å². The summed E-state index contributed by atoms with van der Waals surface area (Å²) in [6.45, 7) is 8.11. The summed E-state index contributed by atoms with van der Waals surface area (Å²) in [5.74, 6) is 1.21. The van der Waals surface area contributed by atoms with E-state index in [9.17, 15) is 0 Å².